The van der Waals surface area contributed by atoms with Gasteiger partial charge in [-0.1, -0.05) is 18.2 Å². The molecule has 0 radical (unpaired) electrons. The molecule has 0 amide bonds. The number of hydrogen-bond acceptors (Lipinski definition) is 4. The molecule has 0 saturated carbocycles. The van der Waals surface area contributed by atoms with Gasteiger partial charge in [-0.3, -0.25) is 0 Å². The van der Waals surface area contributed by atoms with Crippen LogP contribution in [0.25, 0.3) is 0 Å². The topological polar surface area (TPSA) is 39.7 Å². The summed E-state index contributed by atoms with van der Waals surface area (Å²) in [4.78, 5) is 0. The summed E-state index contributed by atoms with van der Waals surface area (Å²) < 4.78 is 29.4. The summed E-state index contributed by atoms with van der Waals surface area (Å²) in [5, 5.41) is 3.31. The Kier molecular flexibility index (Phi) is 7.52. The molecule has 130 valence electrons. The standard InChI is InChI=1S/C19H24FNO3/c1-3-23-11-10-21-13-16-6-9-18(19(12-16)22-2)24-14-15-4-7-17(20)8-5-15/h4-9,12,21H,3,10-11,13-14H2,1-2H3. The van der Waals surface area contributed by atoms with E-state index >= 15 is 0 Å². The summed E-state index contributed by atoms with van der Waals surface area (Å²) in [6.07, 6.45) is 0. The van der Waals surface area contributed by atoms with Gasteiger partial charge in [0.1, 0.15) is 12.4 Å². The number of ether oxygens (including phenoxy) is 3. The summed E-state index contributed by atoms with van der Waals surface area (Å²) in [6, 6.07) is 12.1. The van der Waals surface area contributed by atoms with Gasteiger partial charge in [0.05, 0.1) is 13.7 Å². The number of hydrogen-bond donors (Lipinski definition) is 1. The first-order valence-electron chi connectivity index (χ1n) is 8.05. The van der Waals surface area contributed by atoms with E-state index in [0.29, 0.717) is 24.7 Å². The lowest BCUT2D eigenvalue weighted by atomic mass is 10.2. The van der Waals surface area contributed by atoms with Crippen LogP contribution in [0.2, 0.25) is 0 Å². The minimum absolute atomic E-state index is 0.252. The highest BCUT2D eigenvalue weighted by atomic mass is 19.1. The van der Waals surface area contributed by atoms with Gasteiger partial charge in [0, 0.05) is 19.7 Å². The van der Waals surface area contributed by atoms with Crippen LogP contribution >= 0.6 is 0 Å². The quantitative estimate of drug-likeness (QED) is 0.675. The highest BCUT2D eigenvalue weighted by molar-refractivity contribution is 5.43. The molecule has 0 spiro atoms. The van der Waals surface area contributed by atoms with E-state index < -0.39 is 0 Å². The molecule has 0 aliphatic carbocycles. The Morgan fingerprint density at radius 2 is 1.75 bits per heavy atom. The Morgan fingerprint density at radius 3 is 2.46 bits per heavy atom. The van der Waals surface area contributed by atoms with Crippen molar-refractivity contribution in [1.82, 2.24) is 5.32 Å². The first-order valence-corrected chi connectivity index (χ1v) is 8.05. The molecule has 4 nitrogen and oxygen atoms in total. The third-order valence-electron chi connectivity index (χ3n) is 3.49. The van der Waals surface area contributed by atoms with Crippen LogP contribution in [-0.2, 0) is 17.9 Å². The van der Waals surface area contributed by atoms with Gasteiger partial charge in [-0.2, -0.15) is 0 Å². The Bertz CT molecular complexity index is 617. The van der Waals surface area contributed by atoms with Crippen LogP contribution in [0.4, 0.5) is 4.39 Å². The molecular formula is C19H24FNO3. The van der Waals surface area contributed by atoms with Crippen LogP contribution in [0.1, 0.15) is 18.1 Å². The van der Waals surface area contributed by atoms with Gasteiger partial charge >= 0.3 is 0 Å². The maximum atomic E-state index is 12.9. The van der Waals surface area contributed by atoms with Crippen molar-refractivity contribution in [1.29, 1.82) is 0 Å². The second-order valence-electron chi connectivity index (χ2n) is 5.27. The maximum Gasteiger partial charge on any atom is 0.161 e. The van der Waals surface area contributed by atoms with E-state index in [-0.39, 0.29) is 5.82 Å². The van der Waals surface area contributed by atoms with Gasteiger partial charge in [0.2, 0.25) is 0 Å². The zero-order valence-electron chi connectivity index (χ0n) is 14.2. The lowest BCUT2D eigenvalue weighted by Crippen LogP contribution is -2.19. The van der Waals surface area contributed by atoms with Gasteiger partial charge in [0.15, 0.2) is 11.5 Å². The average Bonchev–Trinajstić information content (AvgIpc) is 2.61. The molecule has 0 bridgehead atoms. The van der Waals surface area contributed by atoms with Crippen molar-refractivity contribution in [3.8, 4) is 11.5 Å². The largest absolute Gasteiger partial charge is 0.493 e. The Morgan fingerprint density at radius 1 is 1.00 bits per heavy atom. The Hall–Kier alpha value is -2.11. The molecule has 2 aromatic rings. The molecule has 1 N–H and O–H groups in total. The molecule has 0 aliphatic heterocycles. The summed E-state index contributed by atoms with van der Waals surface area (Å²) >= 11 is 0. The molecule has 0 saturated heterocycles. The van der Waals surface area contributed by atoms with Crippen molar-refractivity contribution >= 4 is 0 Å². The Labute approximate surface area is 142 Å². The third-order valence-corrected chi connectivity index (χ3v) is 3.49. The van der Waals surface area contributed by atoms with Crippen LogP contribution in [-0.4, -0.2) is 26.9 Å². The molecule has 24 heavy (non-hydrogen) atoms. The molecule has 0 aliphatic rings. The van der Waals surface area contributed by atoms with Gasteiger partial charge in [-0.15, -0.1) is 0 Å². The van der Waals surface area contributed by atoms with Crippen molar-refractivity contribution < 1.29 is 18.6 Å². The number of methoxy groups -OCH3 is 1. The molecule has 0 unspecified atom stereocenters. The van der Waals surface area contributed by atoms with Crippen LogP contribution in [0.5, 0.6) is 11.5 Å². The molecule has 0 heterocycles. The average molecular weight is 333 g/mol. The summed E-state index contributed by atoms with van der Waals surface area (Å²) in [5.74, 6) is 1.10. The number of halogens is 1. The number of benzene rings is 2. The van der Waals surface area contributed by atoms with Gasteiger partial charge in [0.25, 0.3) is 0 Å². The van der Waals surface area contributed by atoms with Crippen LogP contribution in [0.3, 0.4) is 0 Å². The molecule has 2 rings (SSSR count). The predicted molar refractivity (Wildman–Crippen MR) is 91.9 cm³/mol. The van der Waals surface area contributed by atoms with E-state index in [4.69, 9.17) is 14.2 Å². The molecule has 0 fully saturated rings. The van der Waals surface area contributed by atoms with Crippen molar-refractivity contribution in [2.45, 2.75) is 20.1 Å². The molecule has 0 atom stereocenters. The van der Waals surface area contributed by atoms with E-state index in [0.717, 1.165) is 30.8 Å². The minimum Gasteiger partial charge on any atom is -0.493 e. The molecule has 0 aromatic heterocycles. The van der Waals surface area contributed by atoms with Gasteiger partial charge < -0.3 is 19.5 Å². The summed E-state index contributed by atoms with van der Waals surface area (Å²) in [6.45, 7) is 5.32. The smallest absolute Gasteiger partial charge is 0.161 e. The normalized spacial score (nSPS) is 10.6. The lowest BCUT2D eigenvalue weighted by Gasteiger charge is -2.13. The van der Waals surface area contributed by atoms with Crippen molar-refractivity contribution in [2.24, 2.45) is 0 Å². The van der Waals surface area contributed by atoms with E-state index in [1.165, 1.54) is 12.1 Å². The minimum atomic E-state index is -0.252. The third kappa shape index (κ3) is 5.83. The van der Waals surface area contributed by atoms with Crippen molar-refractivity contribution in [3.05, 3.63) is 59.4 Å². The second kappa shape index (κ2) is 9.90. The first kappa shape index (κ1) is 18.2. The fourth-order valence-corrected chi connectivity index (χ4v) is 2.20. The SMILES string of the molecule is CCOCCNCc1ccc(OCc2ccc(F)cc2)c(OC)c1. The lowest BCUT2D eigenvalue weighted by molar-refractivity contribution is 0.149. The van der Waals surface area contributed by atoms with E-state index in [2.05, 4.69) is 5.32 Å². The predicted octanol–water partition coefficient (Wildman–Crippen LogP) is 3.54. The zero-order chi connectivity index (χ0) is 17.2. The summed E-state index contributed by atoms with van der Waals surface area (Å²) in [7, 11) is 1.62. The van der Waals surface area contributed by atoms with Crippen molar-refractivity contribution in [2.75, 3.05) is 26.9 Å². The monoisotopic (exact) mass is 333 g/mol. The highest BCUT2D eigenvalue weighted by Crippen LogP contribution is 2.28. The number of nitrogens with one attached hydrogen (secondary N) is 1. The van der Waals surface area contributed by atoms with Crippen LogP contribution < -0.4 is 14.8 Å². The van der Waals surface area contributed by atoms with E-state index in [1.807, 2.05) is 25.1 Å². The molecular weight excluding hydrogens is 309 g/mol. The summed E-state index contributed by atoms with van der Waals surface area (Å²) in [5.41, 5.74) is 2.01. The highest BCUT2D eigenvalue weighted by Gasteiger charge is 2.06. The maximum absolute atomic E-state index is 12.9. The first-order chi connectivity index (χ1) is 11.7. The fourth-order valence-electron chi connectivity index (χ4n) is 2.20. The molecule has 5 heteroatoms. The van der Waals surface area contributed by atoms with E-state index in [1.54, 1.807) is 19.2 Å². The zero-order valence-corrected chi connectivity index (χ0v) is 14.2. The Balaban J connectivity index is 1.89. The van der Waals surface area contributed by atoms with Crippen LogP contribution in [0, 0.1) is 5.82 Å². The second-order valence-corrected chi connectivity index (χ2v) is 5.27. The van der Waals surface area contributed by atoms with Crippen molar-refractivity contribution in [3.63, 3.8) is 0 Å². The fraction of sp³-hybridized carbons (Fsp3) is 0.368. The number of rotatable bonds is 10. The van der Waals surface area contributed by atoms with Crippen LogP contribution in [0.15, 0.2) is 42.5 Å². The molecule has 2 aromatic carbocycles. The van der Waals surface area contributed by atoms with Gasteiger partial charge in [-0.05, 0) is 42.3 Å². The van der Waals surface area contributed by atoms with E-state index in [9.17, 15) is 4.39 Å². The van der Waals surface area contributed by atoms with Gasteiger partial charge in [-0.25, -0.2) is 4.39 Å².